The van der Waals surface area contributed by atoms with Crippen LogP contribution in [0, 0.1) is 16.0 Å². The number of hydrogen-bond donors (Lipinski definition) is 1. The van der Waals surface area contributed by atoms with E-state index in [1.807, 2.05) is 0 Å². The van der Waals surface area contributed by atoms with Crippen LogP contribution in [0.1, 0.15) is 40.4 Å². The number of pyridine rings is 1. The Bertz CT molecular complexity index is 538. The van der Waals surface area contributed by atoms with Gasteiger partial charge in [0.05, 0.1) is 12.7 Å². The first-order chi connectivity index (χ1) is 7.67. The highest BCUT2D eigenvalue weighted by Gasteiger charge is 2.28. The Morgan fingerprint density at radius 3 is 2.88 bits per heavy atom. The van der Waals surface area contributed by atoms with E-state index in [2.05, 4.69) is 15.8 Å². The summed E-state index contributed by atoms with van der Waals surface area (Å²) in [5.41, 5.74) is 1.66. The van der Waals surface area contributed by atoms with E-state index in [1.165, 1.54) is 7.11 Å². The topological polar surface area (TPSA) is 65.9 Å². The fourth-order valence-electron chi connectivity index (χ4n) is 1.63. The van der Waals surface area contributed by atoms with Gasteiger partial charge in [0.2, 0.25) is 0 Å². The Hall–Kier alpha value is -1.67. The zero-order valence-electron chi connectivity index (χ0n) is 8.74. The van der Waals surface area contributed by atoms with Gasteiger partial charge < -0.3 is 9.72 Å². The largest absolute Gasteiger partial charge is 0.464 e. The number of aromatic nitrogens is 1. The van der Waals surface area contributed by atoms with Crippen LogP contribution in [0.3, 0.4) is 0 Å². The Balaban J connectivity index is 2.57. The summed E-state index contributed by atoms with van der Waals surface area (Å²) in [4.78, 5) is 14.1. The Morgan fingerprint density at radius 1 is 1.69 bits per heavy atom. The molecule has 4 nitrogen and oxygen atoms in total. The average molecular weight is 234 g/mol. The van der Waals surface area contributed by atoms with Gasteiger partial charge in [-0.05, 0) is 30.4 Å². The van der Waals surface area contributed by atoms with Gasteiger partial charge in [0.15, 0.2) is 0 Å². The van der Waals surface area contributed by atoms with Gasteiger partial charge in [0.1, 0.15) is 16.4 Å². The number of aromatic amines is 1. The SMILES string of the molecule is COC(=O)c1cc(C2CC2)c(C#N)c(=S)[nH]1. The molecule has 0 radical (unpaired) electrons. The smallest absolute Gasteiger partial charge is 0.354 e. The van der Waals surface area contributed by atoms with Gasteiger partial charge in [0.25, 0.3) is 0 Å². The van der Waals surface area contributed by atoms with E-state index in [0.29, 0.717) is 21.8 Å². The molecule has 0 aromatic carbocycles. The Kier molecular flexibility index (Phi) is 2.75. The van der Waals surface area contributed by atoms with Gasteiger partial charge in [-0.1, -0.05) is 12.2 Å². The third-order valence-electron chi connectivity index (χ3n) is 2.60. The zero-order valence-corrected chi connectivity index (χ0v) is 9.56. The second-order valence-electron chi connectivity index (χ2n) is 3.72. The Labute approximate surface area is 97.9 Å². The zero-order chi connectivity index (χ0) is 11.7. The van der Waals surface area contributed by atoms with E-state index < -0.39 is 5.97 Å². The van der Waals surface area contributed by atoms with Gasteiger partial charge in [-0.3, -0.25) is 0 Å². The summed E-state index contributed by atoms with van der Waals surface area (Å²) >= 11 is 5.05. The molecule has 82 valence electrons. The average Bonchev–Trinajstić information content (AvgIpc) is 3.10. The molecule has 1 N–H and O–H groups in total. The molecule has 1 aliphatic rings. The number of esters is 1. The van der Waals surface area contributed by atoms with Crippen LogP contribution in [0.2, 0.25) is 0 Å². The van der Waals surface area contributed by atoms with Crippen LogP contribution in [0.5, 0.6) is 0 Å². The van der Waals surface area contributed by atoms with E-state index in [1.54, 1.807) is 6.07 Å². The molecule has 0 spiro atoms. The van der Waals surface area contributed by atoms with Crippen molar-refractivity contribution in [2.24, 2.45) is 0 Å². The number of nitriles is 1. The number of carbonyl (C=O) groups excluding carboxylic acids is 1. The highest BCUT2D eigenvalue weighted by Crippen LogP contribution is 2.41. The summed E-state index contributed by atoms with van der Waals surface area (Å²) in [5, 5.41) is 9.01. The molecule has 0 aliphatic heterocycles. The van der Waals surface area contributed by atoms with Gasteiger partial charge in [-0.2, -0.15) is 5.26 Å². The number of nitrogens with one attached hydrogen (secondary N) is 1. The molecule has 0 saturated heterocycles. The van der Waals surface area contributed by atoms with Gasteiger partial charge in [0, 0.05) is 0 Å². The quantitative estimate of drug-likeness (QED) is 0.629. The van der Waals surface area contributed by atoms with Gasteiger partial charge >= 0.3 is 5.97 Å². The van der Waals surface area contributed by atoms with Crippen LogP contribution < -0.4 is 0 Å². The third kappa shape index (κ3) is 1.84. The fraction of sp³-hybridized carbons (Fsp3) is 0.364. The van der Waals surface area contributed by atoms with Crippen molar-refractivity contribution < 1.29 is 9.53 Å². The summed E-state index contributed by atoms with van der Waals surface area (Å²) in [6.45, 7) is 0. The van der Waals surface area contributed by atoms with Crippen molar-refractivity contribution >= 4 is 18.2 Å². The van der Waals surface area contributed by atoms with Crippen molar-refractivity contribution in [1.29, 1.82) is 5.26 Å². The molecule has 1 heterocycles. The molecular weight excluding hydrogens is 224 g/mol. The summed E-state index contributed by atoms with van der Waals surface area (Å²) < 4.78 is 4.93. The number of nitrogens with zero attached hydrogens (tertiary/aromatic N) is 1. The van der Waals surface area contributed by atoms with Gasteiger partial charge in [-0.25, -0.2) is 4.79 Å². The van der Waals surface area contributed by atoms with Crippen LogP contribution in [0.25, 0.3) is 0 Å². The summed E-state index contributed by atoms with van der Waals surface area (Å²) in [6, 6.07) is 3.76. The number of ether oxygens (including phenoxy) is 1. The van der Waals surface area contributed by atoms with Gasteiger partial charge in [-0.15, -0.1) is 0 Å². The maximum absolute atomic E-state index is 11.4. The van der Waals surface area contributed by atoms with Crippen molar-refractivity contribution in [1.82, 2.24) is 4.98 Å². The first-order valence-corrected chi connectivity index (χ1v) is 5.33. The molecule has 2 rings (SSSR count). The lowest BCUT2D eigenvalue weighted by atomic mass is 10.1. The fourth-order valence-corrected chi connectivity index (χ4v) is 1.90. The van der Waals surface area contributed by atoms with Crippen molar-refractivity contribution in [2.45, 2.75) is 18.8 Å². The number of rotatable bonds is 2. The molecular formula is C11H10N2O2S. The minimum Gasteiger partial charge on any atom is -0.464 e. The van der Waals surface area contributed by atoms with E-state index in [4.69, 9.17) is 17.5 Å². The first-order valence-electron chi connectivity index (χ1n) is 4.93. The monoisotopic (exact) mass is 234 g/mol. The van der Waals surface area contributed by atoms with Crippen molar-refractivity contribution in [2.75, 3.05) is 7.11 Å². The van der Waals surface area contributed by atoms with Crippen LogP contribution in [0.15, 0.2) is 6.07 Å². The molecule has 0 atom stereocenters. The molecule has 1 aliphatic carbocycles. The maximum atomic E-state index is 11.4. The van der Waals surface area contributed by atoms with Crippen LogP contribution in [0.4, 0.5) is 0 Å². The molecule has 1 saturated carbocycles. The molecule has 5 heteroatoms. The third-order valence-corrected chi connectivity index (χ3v) is 2.90. The lowest BCUT2D eigenvalue weighted by Gasteiger charge is -2.05. The predicted molar refractivity (Wildman–Crippen MR) is 59.7 cm³/mol. The highest BCUT2D eigenvalue weighted by atomic mass is 32.1. The van der Waals surface area contributed by atoms with E-state index in [-0.39, 0.29) is 0 Å². The number of carbonyl (C=O) groups is 1. The second kappa shape index (κ2) is 4.06. The maximum Gasteiger partial charge on any atom is 0.354 e. The molecule has 1 fully saturated rings. The van der Waals surface area contributed by atoms with E-state index in [9.17, 15) is 4.79 Å². The lowest BCUT2D eigenvalue weighted by Crippen LogP contribution is -2.06. The predicted octanol–water partition coefficient (Wildman–Crippen LogP) is 2.28. The normalized spacial score (nSPS) is 14.2. The molecule has 1 aromatic rings. The second-order valence-corrected chi connectivity index (χ2v) is 4.13. The summed E-state index contributed by atoms with van der Waals surface area (Å²) in [7, 11) is 1.31. The standard InChI is InChI=1S/C11H10N2O2S/c1-15-11(14)9-4-7(6-2-3-6)8(5-12)10(16)13-9/h4,6H,2-3H2,1H3,(H,13,16). The minimum absolute atomic E-state index is 0.312. The van der Waals surface area contributed by atoms with Crippen molar-refractivity contribution in [3.63, 3.8) is 0 Å². The minimum atomic E-state index is -0.461. The Morgan fingerprint density at radius 2 is 2.38 bits per heavy atom. The van der Waals surface area contributed by atoms with Crippen LogP contribution in [-0.2, 0) is 4.74 Å². The summed E-state index contributed by atoms with van der Waals surface area (Å²) in [5.74, 6) is -0.0909. The van der Waals surface area contributed by atoms with E-state index >= 15 is 0 Å². The molecule has 0 unspecified atom stereocenters. The number of hydrogen-bond acceptors (Lipinski definition) is 4. The number of H-pyrrole nitrogens is 1. The summed E-state index contributed by atoms with van der Waals surface area (Å²) in [6.07, 6.45) is 2.10. The van der Waals surface area contributed by atoms with Crippen molar-refractivity contribution in [3.8, 4) is 6.07 Å². The highest BCUT2D eigenvalue weighted by molar-refractivity contribution is 7.71. The number of methoxy groups -OCH3 is 1. The molecule has 0 bridgehead atoms. The molecule has 16 heavy (non-hydrogen) atoms. The van der Waals surface area contributed by atoms with Crippen LogP contribution in [-0.4, -0.2) is 18.1 Å². The molecule has 0 amide bonds. The van der Waals surface area contributed by atoms with E-state index in [0.717, 1.165) is 18.4 Å². The first kappa shape index (κ1) is 10.8. The van der Waals surface area contributed by atoms with Crippen molar-refractivity contribution in [3.05, 3.63) is 27.5 Å². The lowest BCUT2D eigenvalue weighted by molar-refractivity contribution is 0.0594. The van der Waals surface area contributed by atoms with Crippen LogP contribution >= 0.6 is 12.2 Å². The molecule has 1 aromatic heterocycles.